The molecule has 1 N–H and O–H groups in total. The van der Waals surface area contributed by atoms with Gasteiger partial charge in [-0.3, -0.25) is 19.4 Å². The van der Waals surface area contributed by atoms with Gasteiger partial charge in [0, 0.05) is 12.2 Å². The number of urea groups is 1. The average molecular weight is 580 g/mol. The summed E-state index contributed by atoms with van der Waals surface area (Å²) >= 11 is 0. The summed E-state index contributed by atoms with van der Waals surface area (Å²) in [5.41, 5.74) is -3.81. The largest absolute Gasteiger partial charge is 0.444 e. The molecule has 5 rings (SSSR count). The number of hydrogen-bond donors (Lipinski definition) is 1. The van der Waals surface area contributed by atoms with Gasteiger partial charge in [0.05, 0.1) is 17.4 Å². The van der Waals surface area contributed by atoms with E-state index in [4.69, 9.17) is 4.74 Å². The molecule has 6 amide bonds. The van der Waals surface area contributed by atoms with Crippen molar-refractivity contribution >= 4 is 35.5 Å². The lowest BCUT2D eigenvalue weighted by molar-refractivity contribution is -0.147. The lowest BCUT2D eigenvalue weighted by Crippen LogP contribution is -2.58. The van der Waals surface area contributed by atoms with Crippen molar-refractivity contribution < 1.29 is 41.9 Å². The smallest absolute Gasteiger partial charge is 0.417 e. The van der Waals surface area contributed by atoms with Crippen LogP contribution in [0.2, 0.25) is 0 Å². The van der Waals surface area contributed by atoms with Crippen LogP contribution in [0.15, 0.2) is 18.5 Å². The van der Waals surface area contributed by atoms with Gasteiger partial charge < -0.3 is 15.0 Å². The highest BCUT2D eigenvalue weighted by Gasteiger charge is 2.68. The van der Waals surface area contributed by atoms with Gasteiger partial charge in [-0.2, -0.15) is 13.2 Å². The highest BCUT2D eigenvalue weighted by atomic mass is 19.4. The first-order valence-corrected chi connectivity index (χ1v) is 13.7. The molecule has 1 saturated carbocycles. The minimum Gasteiger partial charge on any atom is -0.444 e. The molecule has 222 valence electrons. The quantitative estimate of drug-likeness (QED) is 0.540. The second-order valence-corrected chi connectivity index (χ2v) is 12.0. The number of hydrogen-bond acceptors (Lipinski definition) is 7. The summed E-state index contributed by atoms with van der Waals surface area (Å²) in [6.45, 7) is 5.08. The number of nitrogens with zero attached hydrogens (tertiary/aromatic N) is 4. The zero-order valence-corrected chi connectivity index (χ0v) is 23.0. The Morgan fingerprint density at radius 3 is 2.34 bits per heavy atom. The van der Waals surface area contributed by atoms with E-state index in [1.165, 1.54) is 4.90 Å². The van der Waals surface area contributed by atoms with E-state index in [0.717, 1.165) is 17.5 Å². The number of alkyl carbamates (subject to hydrolysis) is 1. The van der Waals surface area contributed by atoms with Gasteiger partial charge in [0.25, 0.3) is 11.8 Å². The minimum absolute atomic E-state index is 0.166. The SMILES string of the molecule is CC(C)(C)OC(=O)N[C@H]1CCCC[C@H]2CCC(C(=O)N3C(=O)N(c4cncc(C(F)(F)F)c4)C(=O)C34CC4)N2C1=O. The molecule has 11 nitrogen and oxygen atoms in total. The number of carbonyl (C=O) groups excluding carboxylic acids is 5. The Morgan fingerprint density at radius 1 is 1.02 bits per heavy atom. The number of fused-ring (bicyclic) bond motifs is 1. The maximum atomic E-state index is 14.0. The highest BCUT2D eigenvalue weighted by Crippen LogP contribution is 2.50. The van der Waals surface area contributed by atoms with Crippen molar-refractivity contribution in [3.8, 4) is 0 Å². The molecule has 1 unspecified atom stereocenters. The number of aromatic nitrogens is 1. The molecule has 1 aliphatic carbocycles. The molecule has 4 heterocycles. The normalized spacial score (nSPS) is 26.1. The molecule has 3 atom stereocenters. The van der Waals surface area contributed by atoms with E-state index in [0.29, 0.717) is 42.8 Å². The third-order valence-corrected chi connectivity index (χ3v) is 7.98. The van der Waals surface area contributed by atoms with Crippen molar-refractivity contribution in [2.75, 3.05) is 4.90 Å². The maximum absolute atomic E-state index is 14.0. The third-order valence-electron chi connectivity index (χ3n) is 7.98. The monoisotopic (exact) mass is 579 g/mol. The van der Waals surface area contributed by atoms with Crippen molar-refractivity contribution in [3.05, 3.63) is 24.0 Å². The summed E-state index contributed by atoms with van der Waals surface area (Å²) in [6, 6.07) is -2.73. The van der Waals surface area contributed by atoms with Gasteiger partial charge in [-0.25, -0.2) is 19.4 Å². The molecule has 41 heavy (non-hydrogen) atoms. The summed E-state index contributed by atoms with van der Waals surface area (Å²) in [6.07, 6.45) is -0.502. The van der Waals surface area contributed by atoms with Gasteiger partial charge in [0.1, 0.15) is 23.2 Å². The standard InChI is InChI=1S/C27H32F3N5O6/c1-25(2,3)41-23(39)32-18-7-5-4-6-16-8-9-19(33(16)20(18)36)21(37)35-24(40)34(22(38)26(35)10-11-26)17-12-15(13-31-14-17)27(28,29)30/h12-14,16,18-19H,4-11H2,1-3H3,(H,32,39)/t16-,18-,19?/m0/s1. The topological polar surface area (TPSA) is 129 Å². The van der Waals surface area contributed by atoms with Crippen LogP contribution in [-0.2, 0) is 25.3 Å². The number of carbonyl (C=O) groups is 5. The zero-order valence-electron chi connectivity index (χ0n) is 23.0. The van der Waals surface area contributed by atoms with E-state index in [9.17, 15) is 37.1 Å². The van der Waals surface area contributed by atoms with Gasteiger partial charge in [0.2, 0.25) is 5.91 Å². The van der Waals surface area contributed by atoms with Crippen LogP contribution in [0.4, 0.5) is 28.4 Å². The summed E-state index contributed by atoms with van der Waals surface area (Å²) < 4.78 is 45.2. The lowest BCUT2D eigenvalue weighted by atomic mass is 9.99. The summed E-state index contributed by atoms with van der Waals surface area (Å²) in [5, 5.41) is 2.62. The molecule has 4 aliphatic rings. The molecule has 0 bridgehead atoms. The second-order valence-electron chi connectivity index (χ2n) is 12.0. The average Bonchev–Trinajstić information content (AvgIpc) is 3.49. The lowest BCUT2D eigenvalue weighted by Gasteiger charge is -2.36. The molecule has 14 heteroatoms. The maximum Gasteiger partial charge on any atom is 0.417 e. The highest BCUT2D eigenvalue weighted by molar-refractivity contribution is 6.29. The second kappa shape index (κ2) is 9.98. The molecule has 3 saturated heterocycles. The minimum atomic E-state index is -4.75. The van der Waals surface area contributed by atoms with Crippen molar-refractivity contribution in [1.82, 2.24) is 20.1 Å². The van der Waals surface area contributed by atoms with E-state index >= 15 is 0 Å². The van der Waals surface area contributed by atoms with Crippen LogP contribution in [0, 0.1) is 0 Å². The first-order valence-electron chi connectivity index (χ1n) is 13.7. The predicted molar refractivity (Wildman–Crippen MR) is 136 cm³/mol. The fourth-order valence-electron chi connectivity index (χ4n) is 5.97. The van der Waals surface area contributed by atoms with E-state index in [-0.39, 0.29) is 31.0 Å². The summed E-state index contributed by atoms with van der Waals surface area (Å²) in [7, 11) is 0. The van der Waals surface area contributed by atoms with Crippen molar-refractivity contribution in [1.29, 1.82) is 0 Å². The Bertz CT molecular complexity index is 1290. The Labute approximate surface area is 234 Å². The predicted octanol–water partition coefficient (Wildman–Crippen LogP) is 3.76. The fourth-order valence-corrected chi connectivity index (χ4v) is 5.97. The number of nitrogens with one attached hydrogen (secondary N) is 1. The summed E-state index contributed by atoms with van der Waals surface area (Å²) in [4.78, 5) is 73.6. The molecule has 3 aliphatic heterocycles. The number of imide groups is 2. The molecule has 1 aromatic heterocycles. The zero-order chi connectivity index (χ0) is 29.9. The molecule has 0 radical (unpaired) electrons. The van der Waals surface area contributed by atoms with E-state index in [1.807, 2.05) is 0 Å². The summed E-state index contributed by atoms with van der Waals surface area (Å²) in [5.74, 6) is -2.02. The van der Waals surface area contributed by atoms with Gasteiger partial charge in [-0.1, -0.05) is 12.8 Å². The van der Waals surface area contributed by atoms with Gasteiger partial charge in [-0.15, -0.1) is 0 Å². The van der Waals surface area contributed by atoms with Crippen LogP contribution >= 0.6 is 0 Å². The first kappa shape index (κ1) is 28.8. The molecule has 1 aromatic rings. The number of alkyl halides is 3. The number of rotatable bonds is 3. The number of anilines is 1. The van der Waals surface area contributed by atoms with Gasteiger partial charge in [-0.05, 0) is 65.4 Å². The van der Waals surface area contributed by atoms with Crippen molar-refractivity contribution in [2.45, 2.75) is 108 Å². The van der Waals surface area contributed by atoms with Crippen LogP contribution in [0.25, 0.3) is 0 Å². The van der Waals surface area contributed by atoms with E-state index in [1.54, 1.807) is 20.8 Å². The number of amides is 6. The Hall–Kier alpha value is -3.71. The number of ether oxygens (including phenoxy) is 1. The Kier molecular flexibility index (Phi) is 7.01. The molecular formula is C27H32F3N5O6. The molecule has 0 aromatic carbocycles. The fraction of sp³-hybridized carbons (Fsp3) is 0.630. The number of halogens is 3. The first-order chi connectivity index (χ1) is 19.1. The van der Waals surface area contributed by atoms with Crippen LogP contribution in [0.3, 0.4) is 0 Å². The van der Waals surface area contributed by atoms with Crippen LogP contribution in [0.5, 0.6) is 0 Å². The molecular weight excluding hydrogens is 547 g/mol. The third kappa shape index (κ3) is 5.23. The van der Waals surface area contributed by atoms with E-state index in [2.05, 4.69) is 10.3 Å². The van der Waals surface area contributed by atoms with Gasteiger partial charge in [0.15, 0.2) is 0 Å². The number of pyridine rings is 1. The van der Waals surface area contributed by atoms with E-state index < -0.39 is 64.8 Å². The van der Waals surface area contributed by atoms with Crippen LogP contribution in [-0.4, -0.2) is 73.9 Å². The van der Waals surface area contributed by atoms with Crippen LogP contribution in [0.1, 0.15) is 77.7 Å². The Morgan fingerprint density at radius 2 is 1.71 bits per heavy atom. The van der Waals surface area contributed by atoms with Crippen molar-refractivity contribution in [3.63, 3.8) is 0 Å². The van der Waals surface area contributed by atoms with Gasteiger partial charge >= 0.3 is 18.3 Å². The Balaban J connectivity index is 1.41. The molecule has 4 fully saturated rings. The van der Waals surface area contributed by atoms with Crippen molar-refractivity contribution in [2.24, 2.45) is 0 Å². The van der Waals surface area contributed by atoms with Crippen LogP contribution < -0.4 is 10.2 Å². The molecule has 1 spiro atoms.